The Morgan fingerprint density at radius 2 is 1.94 bits per heavy atom. The number of hydrogen-bond donors (Lipinski definition) is 2. The van der Waals surface area contributed by atoms with E-state index in [1.165, 1.54) is 5.56 Å². The number of para-hydroxylation sites is 2. The molecule has 2 heterocycles. The van der Waals surface area contributed by atoms with Crippen molar-refractivity contribution in [3.63, 3.8) is 0 Å². The highest BCUT2D eigenvalue weighted by atomic mass is 32.2. The van der Waals surface area contributed by atoms with Gasteiger partial charge in [0.1, 0.15) is 6.54 Å². The van der Waals surface area contributed by atoms with Crippen LogP contribution in [-0.2, 0) is 11.3 Å². The summed E-state index contributed by atoms with van der Waals surface area (Å²) in [5.74, 6) is -2.71. The van der Waals surface area contributed by atoms with Crippen LogP contribution < -0.4 is 10.9 Å². The molecule has 0 bridgehead atoms. The van der Waals surface area contributed by atoms with Gasteiger partial charge in [-0.3, -0.25) is 15.6 Å². The standard InChI is InChI=1S/C23H27F2N5OS/c1-29(13-7-10-17-14-19(28-27-17)16-8-3-2-4-9-16)21(31)15-30-20-12-6-5-11-18(20)26-23(30)32-22(24)25/h2-6,8-9,11-12,17,19,22,27-28H,7,10,13-15H2,1H3. The van der Waals surface area contributed by atoms with Crippen LogP contribution in [0.2, 0.25) is 0 Å². The van der Waals surface area contributed by atoms with E-state index in [0.29, 0.717) is 41.4 Å². The summed E-state index contributed by atoms with van der Waals surface area (Å²) in [6.45, 7) is 0.600. The van der Waals surface area contributed by atoms with Gasteiger partial charge < -0.3 is 9.47 Å². The minimum absolute atomic E-state index is 0.00855. The summed E-state index contributed by atoms with van der Waals surface area (Å²) in [6.07, 6.45) is 2.79. The normalized spacial score (nSPS) is 18.5. The third kappa shape index (κ3) is 5.46. The van der Waals surface area contributed by atoms with Crippen LogP contribution in [0.3, 0.4) is 0 Å². The molecule has 1 fully saturated rings. The molecule has 9 heteroatoms. The molecule has 2 atom stereocenters. The molecule has 1 aliphatic rings. The number of alkyl halides is 2. The number of nitrogens with zero attached hydrogens (tertiary/aromatic N) is 3. The molecule has 3 aromatic rings. The lowest BCUT2D eigenvalue weighted by Crippen LogP contribution is -2.33. The highest BCUT2D eigenvalue weighted by molar-refractivity contribution is 7.99. The second-order valence-electron chi connectivity index (χ2n) is 7.99. The number of thioether (sulfide) groups is 1. The maximum absolute atomic E-state index is 13.0. The fraction of sp³-hybridized carbons (Fsp3) is 0.391. The van der Waals surface area contributed by atoms with Crippen molar-refractivity contribution in [1.82, 2.24) is 25.3 Å². The largest absolute Gasteiger partial charge is 0.344 e. The van der Waals surface area contributed by atoms with E-state index in [-0.39, 0.29) is 17.6 Å². The molecule has 0 radical (unpaired) electrons. The summed E-state index contributed by atoms with van der Waals surface area (Å²) in [7, 11) is 1.76. The Morgan fingerprint density at radius 1 is 1.19 bits per heavy atom. The summed E-state index contributed by atoms with van der Waals surface area (Å²) in [5.41, 5.74) is 9.26. The number of carbonyl (C=O) groups excluding carboxylic acids is 1. The average molecular weight is 460 g/mol. The summed E-state index contributed by atoms with van der Waals surface area (Å²) in [6, 6.07) is 18.2. The minimum atomic E-state index is -2.59. The van der Waals surface area contributed by atoms with Gasteiger partial charge in [0.05, 0.1) is 11.0 Å². The number of hydrogen-bond acceptors (Lipinski definition) is 5. The molecule has 1 aromatic heterocycles. The number of benzene rings is 2. The molecule has 170 valence electrons. The van der Waals surface area contributed by atoms with Gasteiger partial charge in [-0.2, -0.15) is 8.78 Å². The first-order valence-corrected chi connectivity index (χ1v) is 11.6. The number of nitrogens with one attached hydrogen (secondary N) is 2. The minimum Gasteiger partial charge on any atom is -0.344 e. The van der Waals surface area contributed by atoms with Gasteiger partial charge in [-0.05, 0) is 48.7 Å². The predicted octanol–water partition coefficient (Wildman–Crippen LogP) is 4.20. The quantitative estimate of drug-likeness (QED) is 0.470. The van der Waals surface area contributed by atoms with Crippen LogP contribution in [0.15, 0.2) is 59.8 Å². The molecule has 1 aliphatic heterocycles. The van der Waals surface area contributed by atoms with Gasteiger partial charge in [0.15, 0.2) is 5.16 Å². The maximum Gasteiger partial charge on any atom is 0.291 e. The van der Waals surface area contributed by atoms with Crippen LogP contribution in [0.1, 0.15) is 30.9 Å². The van der Waals surface area contributed by atoms with E-state index in [0.717, 1.165) is 19.3 Å². The number of carbonyl (C=O) groups is 1. The monoisotopic (exact) mass is 459 g/mol. The second kappa shape index (κ2) is 10.4. The molecule has 0 spiro atoms. The zero-order valence-corrected chi connectivity index (χ0v) is 18.7. The first-order chi connectivity index (χ1) is 15.5. The molecule has 2 N–H and O–H groups in total. The van der Waals surface area contributed by atoms with Crippen molar-refractivity contribution >= 4 is 28.7 Å². The molecule has 6 nitrogen and oxygen atoms in total. The third-order valence-corrected chi connectivity index (χ3v) is 6.46. The molecule has 2 unspecified atom stereocenters. The molecular weight excluding hydrogens is 432 g/mol. The summed E-state index contributed by atoms with van der Waals surface area (Å²) in [4.78, 5) is 18.7. The van der Waals surface area contributed by atoms with Crippen LogP contribution in [0.5, 0.6) is 0 Å². The number of halogens is 2. The highest BCUT2D eigenvalue weighted by Gasteiger charge is 2.25. The van der Waals surface area contributed by atoms with Crippen molar-refractivity contribution in [3.8, 4) is 0 Å². The molecule has 0 saturated carbocycles. The molecule has 4 rings (SSSR count). The van der Waals surface area contributed by atoms with E-state index >= 15 is 0 Å². The lowest BCUT2D eigenvalue weighted by Gasteiger charge is -2.19. The number of amides is 1. The molecular formula is C23H27F2N5OS. The Labute approximate surface area is 190 Å². The van der Waals surface area contributed by atoms with E-state index in [4.69, 9.17) is 0 Å². The number of rotatable bonds is 9. The van der Waals surface area contributed by atoms with Crippen LogP contribution in [0.4, 0.5) is 8.78 Å². The van der Waals surface area contributed by atoms with Crippen molar-refractivity contribution in [2.45, 2.75) is 48.8 Å². The molecule has 0 aliphatic carbocycles. The van der Waals surface area contributed by atoms with Gasteiger partial charge >= 0.3 is 0 Å². The fourth-order valence-electron chi connectivity index (χ4n) is 4.05. The SMILES string of the molecule is CN(CCCC1CC(c2ccccc2)NN1)C(=O)Cn1c(SC(F)F)nc2ccccc21. The fourth-order valence-corrected chi connectivity index (χ4v) is 4.65. The first kappa shape index (κ1) is 22.7. The van der Waals surface area contributed by atoms with E-state index in [1.807, 2.05) is 24.3 Å². The Kier molecular flexibility index (Phi) is 7.39. The lowest BCUT2D eigenvalue weighted by atomic mass is 10.00. The van der Waals surface area contributed by atoms with Gasteiger partial charge in [-0.1, -0.05) is 42.5 Å². The Bertz CT molecular complexity index is 1050. The number of fused-ring (bicyclic) bond motifs is 1. The topological polar surface area (TPSA) is 62.2 Å². The summed E-state index contributed by atoms with van der Waals surface area (Å²) >= 11 is 0.370. The molecule has 2 aromatic carbocycles. The first-order valence-electron chi connectivity index (χ1n) is 10.7. The summed E-state index contributed by atoms with van der Waals surface area (Å²) < 4.78 is 27.5. The van der Waals surface area contributed by atoms with Crippen molar-refractivity contribution in [1.29, 1.82) is 0 Å². The van der Waals surface area contributed by atoms with Gasteiger partial charge in [0.2, 0.25) is 5.91 Å². The Balaban J connectivity index is 1.29. The Hall–Kier alpha value is -2.49. The number of likely N-dealkylation sites (N-methyl/N-ethyl adjacent to an activating group) is 1. The van der Waals surface area contributed by atoms with Crippen molar-refractivity contribution in [3.05, 3.63) is 60.2 Å². The van der Waals surface area contributed by atoms with Crippen LogP contribution in [0.25, 0.3) is 11.0 Å². The van der Waals surface area contributed by atoms with E-state index < -0.39 is 5.76 Å². The number of aromatic nitrogens is 2. The second-order valence-corrected chi connectivity index (χ2v) is 8.95. The predicted molar refractivity (Wildman–Crippen MR) is 122 cm³/mol. The van der Waals surface area contributed by atoms with E-state index in [1.54, 1.807) is 34.7 Å². The maximum atomic E-state index is 13.0. The highest BCUT2D eigenvalue weighted by Crippen LogP contribution is 2.28. The molecule has 32 heavy (non-hydrogen) atoms. The molecule has 1 saturated heterocycles. The van der Waals surface area contributed by atoms with E-state index in [2.05, 4.69) is 28.0 Å². The van der Waals surface area contributed by atoms with Crippen molar-refractivity contribution < 1.29 is 13.6 Å². The third-order valence-electron chi connectivity index (χ3n) is 5.76. The number of imidazole rings is 1. The van der Waals surface area contributed by atoms with Crippen molar-refractivity contribution in [2.75, 3.05) is 13.6 Å². The average Bonchev–Trinajstić information content (AvgIpc) is 3.39. The zero-order valence-electron chi connectivity index (χ0n) is 17.9. The summed E-state index contributed by atoms with van der Waals surface area (Å²) in [5, 5.41) is 0.163. The number of hydrazine groups is 1. The van der Waals surface area contributed by atoms with Crippen molar-refractivity contribution in [2.24, 2.45) is 0 Å². The van der Waals surface area contributed by atoms with Crippen LogP contribution in [-0.4, -0.2) is 45.7 Å². The van der Waals surface area contributed by atoms with Crippen LogP contribution in [0, 0.1) is 0 Å². The van der Waals surface area contributed by atoms with Gasteiger partial charge in [-0.25, -0.2) is 4.98 Å². The lowest BCUT2D eigenvalue weighted by molar-refractivity contribution is -0.130. The van der Waals surface area contributed by atoms with Gasteiger partial charge in [0, 0.05) is 25.7 Å². The van der Waals surface area contributed by atoms with Gasteiger partial charge in [0.25, 0.3) is 5.76 Å². The smallest absolute Gasteiger partial charge is 0.291 e. The van der Waals surface area contributed by atoms with Crippen LogP contribution >= 0.6 is 11.8 Å². The Morgan fingerprint density at radius 3 is 2.72 bits per heavy atom. The zero-order chi connectivity index (χ0) is 22.5. The van der Waals surface area contributed by atoms with E-state index in [9.17, 15) is 13.6 Å². The molecule has 1 amide bonds. The van der Waals surface area contributed by atoms with Gasteiger partial charge in [-0.15, -0.1) is 0 Å².